The van der Waals surface area contributed by atoms with Crippen LogP contribution >= 0.6 is 0 Å². The number of carbonyl (C=O) groups excluding carboxylic acids is 1. The van der Waals surface area contributed by atoms with Gasteiger partial charge in [-0.2, -0.15) is 18.3 Å². The number of halogens is 3. The minimum Gasteiger partial charge on any atom is -0.322 e. The van der Waals surface area contributed by atoms with Gasteiger partial charge in [-0.25, -0.2) is 4.98 Å². The van der Waals surface area contributed by atoms with Crippen molar-refractivity contribution in [3.63, 3.8) is 0 Å². The van der Waals surface area contributed by atoms with E-state index in [1.807, 2.05) is 0 Å². The van der Waals surface area contributed by atoms with Crippen LogP contribution in [0.25, 0.3) is 11.4 Å². The fourth-order valence-corrected chi connectivity index (χ4v) is 2.11. The normalized spacial score (nSPS) is 11.4. The van der Waals surface area contributed by atoms with Crippen LogP contribution in [0.3, 0.4) is 0 Å². The Bertz CT molecular complexity index is 903. The van der Waals surface area contributed by atoms with Gasteiger partial charge in [-0.05, 0) is 31.2 Å². The molecule has 25 heavy (non-hydrogen) atoms. The molecule has 0 atom stereocenters. The standard InChI is InChI=1S/C16H12F3N5O/c1-9-21-14(24-23-9)10-3-2-4-12(7-10)22-15(25)11-5-6-13(20-8-11)16(17,18)19/h2-8H,1H3,(H,22,25)(H,21,23,24). The number of aromatic nitrogens is 4. The number of nitrogens with one attached hydrogen (secondary N) is 2. The largest absolute Gasteiger partial charge is 0.433 e. The highest BCUT2D eigenvalue weighted by atomic mass is 19.4. The average molecular weight is 347 g/mol. The molecule has 9 heteroatoms. The van der Waals surface area contributed by atoms with Crippen LogP contribution in [0, 0.1) is 6.92 Å². The molecular weight excluding hydrogens is 335 g/mol. The number of H-pyrrole nitrogens is 1. The number of alkyl halides is 3. The minimum absolute atomic E-state index is 0.0205. The van der Waals surface area contributed by atoms with E-state index in [1.165, 1.54) is 0 Å². The summed E-state index contributed by atoms with van der Waals surface area (Å²) in [5.74, 6) is 0.564. The van der Waals surface area contributed by atoms with Crippen molar-refractivity contribution in [2.75, 3.05) is 5.32 Å². The van der Waals surface area contributed by atoms with E-state index >= 15 is 0 Å². The number of pyridine rings is 1. The summed E-state index contributed by atoms with van der Waals surface area (Å²) in [6.07, 6.45) is -3.65. The molecule has 2 aromatic heterocycles. The fraction of sp³-hybridized carbons (Fsp3) is 0.125. The van der Waals surface area contributed by atoms with Crippen LogP contribution in [0.4, 0.5) is 18.9 Å². The molecule has 6 nitrogen and oxygen atoms in total. The van der Waals surface area contributed by atoms with Gasteiger partial charge in [0.1, 0.15) is 11.5 Å². The Hall–Kier alpha value is -3.23. The highest BCUT2D eigenvalue weighted by Crippen LogP contribution is 2.27. The fourth-order valence-electron chi connectivity index (χ4n) is 2.11. The van der Waals surface area contributed by atoms with E-state index in [1.54, 1.807) is 31.2 Å². The topological polar surface area (TPSA) is 83.6 Å². The molecule has 3 rings (SSSR count). The molecule has 0 fully saturated rings. The Morgan fingerprint density at radius 2 is 2.00 bits per heavy atom. The van der Waals surface area contributed by atoms with Crippen molar-refractivity contribution in [1.29, 1.82) is 0 Å². The molecule has 0 aliphatic heterocycles. The second-order valence-corrected chi connectivity index (χ2v) is 5.21. The number of carbonyl (C=O) groups is 1. The Morgan fingerprint density at radius 3 is 2.60 bits per heavy atom. The molecular formula is C16H12F3N5O. The molecule has 3 aromatic rings. The van der Waals surface area contributed by atoms with E-state index in [9.17, 15) is 18.0 Å². The maximum absolute atomic E-state index is 12.5. The van der Waals surface area contributed by atoms with E-state index in [4.69, 9.17) is 0 Å². The smallest absolute Gasteiger partial charge is 0.322 e. The van der Waals surface area contributed by atoms with Crippen molar-refractivity contribution in [2.45, 2.75) is 13.1 Å². The maximum Gasteiger partial charge on any atom is 0.433 e. The van der Waals surface area contributed by atoms with E-state index in [-0.39, 0.29) is 5.56 Å². The Kier molecular flexibility index (Phi) is 4.22. The van der Waals surface area contributed by atoms with Crippen LogP contribution in [-0.4, -0.2) is 26.1 Å². The quantitative estimate of drug-likeness (QED) is 0.760. The first kappa shape index (κ1) is 16.6. The molecule has 128 valence electrons. The van der Waals surface area contributed by atoms with Crippen molar-refractivity contribution in [3.05, 3.63) is 59.7 Å². The van der Waals surface area contributed by atoms with E-state index in [0.29, 0.717) is 22.9 Å². The first-order chi connectivity index (χ1) is 11.8. The summed E-state index contributed by atoms with van der Waals surface area (Å²) in [4.78, 5) is 19.6. The van der Waals surface area contributed by atoms with Crippen LogP contribution < -0.4 is 5.32 Å². The number of aryl methyl sites for hydroxylation is 1. The van der Waals surface area contributed by atoms with Crippen LogP contribution in [0.1, 0.15) is 21.9 Å². The molecule has 0 aliphatic carbocycles. The molecule has 0 spiro atoms. The third-order valence-electron chi connectivity index (χ3n) is 3.29. The van der Waals surface area contributed by atoms with Gasteiger partial charge in [0, 0.05) is 17.4 Å². The number of hydrogen-bond donors (Lipinski definition) is 2. The Balaban J connectivity index is 1.77. The molecule has 1 amide bonds. The summed E-state index contributed by atoms with van der Waals surface area (Å²) in [6, 6.07) is 8.64. The monoisotopic (exact) mass is 347 g/mol. The molecule has 2 heterocycles. The lowest BCUT2D eigenvalue weighted by molar-refractivity contribution is -0.141. The minimum atomic E-state index is -4.54. The lowest BCUT2D eigenvalue weighted by atomic mass is 10.1. The number of anilines is 1. The summed E-state index contributed by atoms with van der Waals surface area (Å²) in [5, 5.41) is 9.36. The summed E-state index contributed by atoms with van der Waals surface area (Å²) in [5.41, 5.74) is 0.121. The number of benzene rings is 1. The zero-order chi connectivity index (χ0) is 18.0. The van der Waals surface area contributed by atoms with Gasteiger partial charge < -0.3 is 5.32 Å². The number of nitrogens with zero attached hydrogens (tertiary/aromatic N) is 3. The molecule has 0 saturated heterocycles. The van der Waals surface area contributed by atoms with E-state index < -0.39 is 17.8 Å². The van der Waals surface area contributed by atoms with Gasteiger partial charge in [0.05, 0.1) is 5.56 Å². The molecule has 0 radical (unpaired) electrons. The summed E-state index contributed by atoms with van der Waals surface area (Å²) in [6.45, 7) is 1.76. The molecule has 0 bridgehead atoms. The average Bonchev–Trinajstić information content (AvgIpc) is 3.01. The predicted octanol–water partition coefficient (Wildman–Crippen LogP) is 3.45. The molecule has 0 unspecified atom stereocenters. The summed E-state index contributed by atoms with van der Waals surface area (Å²) >= 11 is 0. The lowest BCUT2D eigenvalue weighted by Crippen LogP contribution is -2.14. The van der Waals surface area contributed by atoms with Gasteiger partial charge >= 0.3 is 6.18 Å². The molecule has 0 saturated carbocycles. The van der Waals surface area contributed by atoms with Gasteiger partial charge in [-0.3, -0.25) is 14.9 Å². The third-order valence-corrected chi connectivity index (χ3v) is 3.29. The lowest BCUT2D eigenvalue weighted by Gasteiger charge is -2.08. The zero-order valence-corrected chi connectivity index (χ0v) is 12.9. The van der Waals surface area contributed by atoms with E-state index in [2.05, 4.69) is 25.5 Å². The van der Waals surface area contributed by atoms with Crippen LogP contribution in [0.15, 0.2) is 42.6 Å². The molecule has 2 N–H and O–H groups in total. The number of hydrogen-bond acceptors (Lipinski definition) is 4. The van der Waals surface area contributed by atoms with Crippen molar-refractivity contribution >= 4 is 11.6 Å². The zero-order valence-electron chi connectivity index (χ0n) is 12.9. The van der Waals surface area contributed by atoms with Crippen LogP contribution in [0.5, 0.6) is 0 Å². The molecule has 1 aromatic carbocycles. The number of amides is 1. The van der Waals surface area contributed by atoms with Gasteiger partial charge in [0.25, 0.3) is 5.91 Å². The Morgan fingerprint density at radius 1 is 1.20 bits per heavy atom. The number of rotatable bonds is 3. The van der Waals surface area contributed by atoms with Crippen molar-refractivity contribution in [3.8, 4) is 11.4 Å². The predicted molar refractivity (Wildman–Crippen MR) is 83.7 cm³/mol. The summed E-state index contributed by atoms with van der Waals surface area (Å²) in [7, 11) is 0. The van der Waals surface area contributed by atoms with Crippen molar-refractivity contribution in [1.82, 2.24) is 20.2 Å². The highest BCUT2D eigenvalue weighted by molar-refractivity contribution is 6.04. The highest BCUT2D eigenvalue weighted by Gasteiger charge is 2.32. The van der Waals surface area contributed by atoms with Gasteiger partial charge in [-0.15, -0.1) is 0 Å². The third kappa shape index (κ3) is 3.82. The second-order valence-electron chi connectivity index (χ2n) is 5.21. The van der Waals surface area contributed by atoms with Gasteiger partial charge in [-0.1, -0.05) is 12.1 Å². The van der Waals surface area contributed by atoms with Crippen molar-refractivity contribution < 1.29 is 18.0 Å². The first-order valence-corrected chi connectivity index (χ1v) is 7.17. The van der Waals surface area contributed by atoms with Crippen LogP contribution in [-0.2, 0) is 6.18 Å². The number of aromatic amines is 1. The Labute approximate surface area is 140 Å². The SMILES string of the molecule is Cc1nc(-c2cccc(NC(=O)c3ccc(C(F)(F)F)nc3)c2)n[nH]1. The van der Waals surface area contributed by atoms with Gasteiger partial charge in [0.2, 0.25) is 0 Å². The summed E-state index contributed by atoms with van der Waals surface area (Å²) < 4.78 is 37.5. The molecule has 0 aliphatic rings. The van der Waals surface area contributed by atoms with Crippen molar-refractivity contribution in [2.24, 2.45) is 0 Å². The van der Waals surface area contributed by atoms with Gasteiger partial charge in [0.15, 0.2) is 5.82 Å². The second kappa shape index (κ2) is 6.34. The first-order valence-electron chi connectivity index (χ1n) is 7.17. The van der Waals surface area contributed by atoms with E-state index in [0.717, 1.165) is 18.3 Å². The van der Waals surface area contributed by atoms with Crippen LogP contribution in [0.2, 0.25) is 0 Å². The maximum atomic E-state index is 12.5.